The fraction of sp³-hybridized carbons (Fsp3) is 0.977. The Hall–Kier alpha value is -0.610. The monoisotopic (exact) mass is 680 g/mol. The van der Waals surface area contributed by atoms with Crippen LogP contribution < -0.4 is 5.32 Å². The van der Waals surface area contributed by atoms with Crippen molar-refractivity contribution in [3.05, 3.63) is 0 Å². The molecule has 0 radical (unpaired) electrons. The molecule has 4 heteroatoms. The third kappa shape index (κ3) is 36.7. The fourth-order valence-corrected chi connectivity index (χ4v) is 7.19. The highest BCUT2D eigenvalue weighted by molar-refractivity contribution is 5.76. The maximum Gasteiger partial charge on any atom is 0.220 e. The summed E-state index contributed by atoms with van der Waals surface area (Å²) in [4.78, 5) is 12.4. The van der Waals surface area contributed by atoms with Crippen molar-refractivity contribution in [3.8, 4) is 0 Å². The predicted octanol–water partition coefficient (Wildman–Crippen LogP) is 13.7. The number of aliphatic hydroxyl groups excluding tert-OH is 2. The highest BCUT2D eigenvalue weighted by Gasteiger charge is 2.20. The van der Waals surface area contributed by atoms with Crippen LogP contribution in [0.25, 0.3) is 0 Å². The highest BCUT2D eigenvalue weighted by Crippen LogP contribution is 2.17. The van der Waals surface area contributed by atoms with Crippen LogP contribution in [0.2, 0.25) is 0 Å². The van der Waals surface area contributed by atoms with Gasteiger partial charge < -0.3 is 15.5 Å². The third-order valence-electron chi connectivity index (χ3n) is 10.6. The van der Waals surface area contributed by atoms with Gasteiger partial charge in [0, 0.05) is 6.42 Å². The van der Waals surface area contributed by atoms with Gasteiger partial charge in [-0.1, -0.05) is 239 Å². The molecule has 0 spiro atoms. The number of nitrogens with one attached hydrogen (secondary N) is 1. The summed E-state index contributed by atoms with van der Waals surface area (Å²) in [6, 6.07) is -0.529. The van der Waals surface area contributed by atoms with Gasteiger partial charge >= 0.3 is 0 Å². The zero-order chi connectivity index (χ0) is 35.0. The second-order valence-corrected chi connectivity index (χ2v) is 15.5. The van der Waals surface area contributed by atoms with E-state index in [1.165, 1.54) is 205 Å². The zero-order valence-electron chi connectivity index (χ0n) is 33.0. The summed E-state index contributed by atoms with van der Waals surface area (Å²) in [5.74, 6) is -0.0257. The van der Waals surface area contributed by atoms with E-state index in [0.29, 0.717) is 12.8 Å². The molecule has 2 unspecified atom stereocenters. The van der Waals surface area contributed by atoms with E-state index < -0.39 is 12.1 Å². The fourth-order valence-electron chi connectivity index (χ4n) is 7.19. The quantitative estimate of drug-likeness (QED) is 0.0563. The number of rotatable bonds is 41. The highest BCUT2D eigenvalue weighted by atomic mass is 16.3. The Morgan fingerprint density at radius 1 is 0.417 bits per heavy atom. The van der Waals surface area contributed by atoms with E-state index in [1.807, 2.05) is 0 Å². The number of carbonyl (C=O) groups excluding carboxylic acids is 1. The molecular formula is C44H89NO3. The first-order valence-electron chi connectivity index (χ1n) is 22.2. The van der Waals surface area contributed by atoms with Crippen LogP contribution in [0.4, 0.5) is 0 Å². The molecule has 288 valence electrons. The Morgan fingerprint density at radius 2 is 0.667 bits per heavy atom. The molecule has 0 aliphatic heterocycles. The minimum atomic E-state index is -0.653. The van der Waals surface area contributed by atoms with Crippen molar-refractivity contribution in [2.75, 3.05) is 6.61 Å². The normalized spacial score (nSPS) is 12.8. The summed E-state index contributed by atoms with van der Waals surface area (Å²) >= 11 is 0. The van der Waals surface area contributed by atoms with Crippen molar-refractivity contribution in [1.82, 2.24) is 5.32 Å². The van der Waals surface area contributed by atoms with Crippen LogP contribution in [-0.4, -0.2) is 34.9 Å². The standard InChI is InChI=1S/C44H89NO3/c1-3-5-7-9-11-13-15-17-19-21-22-24-25-27-29-31-33-35-37-39-43(47)42(41-46)45-44(48)40-38-36-34-32-30-28-26-23-20-18-16-14-12-10-8-6-4-2/h42-43,46-47H,3-41H2,1-2H3,(H,45,48). The molecule has 0 heterocycles. The second-order valence-electron chi connectivity index (χ2n) is 15.5. The van der Waals surface area contributed by atoms with Crippen LogP contribution in [0.15, 0.2) is 0 Å². The lowest BCUT2D eigenvalue weighted by atomic mass is 10.0. The van der Waals surface area contributed by atoms with Gasteiger partial charge in [0.2, 0.25) is 5.91 Å². The molecule has 0 aromatic heterocycles. The van der Waals surface area contributed by atoms with Crippen LogP contribution in [0.1, 0.15) is 258 Å². The summed E-state index contributed by atoms with van der Waals surface area (Å²) in [6.45, 7) is 4.38. The van der Waals surface area contributed by atoms with Gasteiger partial charge in [-0.05, 0) is 12.8 Å². The average Bonchev–Trinajstić information content (AvgIpc) is 3.09. The van der Waals surface area contributed by atoms with E-state index in [1.54, 1.807) is 0 Å². The SMILES string of the molecule is CCCCCCCCCCCCCCCCCCCCCC(O)C(CO)NC(=O)CCCCCCCCCCCCCCCCCCC. The van der Waals surface area contributed by atoms with Crippen molar-refractivity contribution in [2.45, 2.75) is 270 Å². The van der Waals surface area contributed by atoms with E-state index in [-0.39, 0.29) is 12.5 Å². The first-order chi connectivity index (χ1) is 23.7. The van der Waals surface area contributed by atoms with Crippen molar-refractivity contribution in [1.29, 1.82) is 0 Å². The number of hydrogen-bond donors (Lipinski definition) is 3. The molecular weight excluding hydrogens is 590 g/mol. The first-order valence-corrected chi connectivity index (χ1v) is 22.2. The number of aliphatic hydroxyl groups is 2. The third-order valence-corrected chi connectivity index (χ3v) is 10.6. The Balaban J connectivity index is 3.46. The number of carbonyl (C=O) groups is 1. The van der Waals surface area contributed by atoms with Crippen molar-refractivity contribution in [2.24, 2.45) is 0 Å². The number of unbranched alkanes of at least 4 members (excludes halogenated alkanes) is 34. The van der Waals surface area contributed by atoms with E-state index in [4.69, 9.17) is 0 Å². The van der Waals surface area contributed by atoms with Crippen molar-refractivity contribution < 1.29 is 15.0 Å². The molecule has 0 aromatic carbocycles. The molecule has 0 aliphatic carbocycles. The van der Waals surface area contributed by atoms with Crippen LogP contribution in [0.5, 0.6) is 0 Å². The van der Waals surface area contributed by atoms with E-state index in [2.05, 4.69) is 19.2 Å². The molecule has 48 heavy (non-hydrogen) atoms. The van der Waals surface area contributed by atoms with Gasteiger partial charge in [-0.3, -0.25) is 4.79 Å². The zero-order valence-corrected chi connectivity index (χ0v) is 33.0. The Kier molecular flexibility index (Phi) is 40.3. The molecule has 0 saturated heterocycles. The molecule has 0 aromatic rings. The lowest BCUT2D eigenvalue weighted by Gasteiger charge is -2.22. The summed E-state index contributed by atoms with van der Waals surface area (Å²) in [5, 5.41) is 23.2. The van der Waals surface area contributed by atoms with Crippen LogP contribution in [0.3, 0.4) is 0 Å². The van der Waals surface area contributed by atoms with Gasteiger partial charge in [-0.15, -0.1) is 0 Å². The maximum absolute atomic E-state index is 12.4. The molecule has 0 rings (SSSR count). The average molecular weight is 680 g/mol. The minimum Gasteiger partial charge on any atom is -0.394 e. The van der Waals surface area contributed by atoms with Crippen LogP contribution >= 0.6 is 0 Å². The van der Waals surface area contributed by atoms with Gasteiger partial charge in [0.15, 0.2) is 0 Å². The predicted molar refractivity (Wildman–Crippen MR) is 212 cm³/mol. The summed E-state index contributed by atoms with van der Waals surface area (Å²) in [5.41, 5.74) is 0. The molecule has 1 amide bonds. The van der Waals surface area contributed by atoms with Gasteiger partial charge in [-0.2, -0.15) is 0 Å². The minimum absolute atomic E-state index is 0.0257. The van der Waals surface area contributed by atoms with Gasteiger partial charge in [0.25, 0.3) is 0 Å². The number of hydrogen-bond acceptors (Lipinski definition) is 3. The van der Waals surface area contributed by atoms with E-state index >= 15 is 0 Å². The summed E-state index contributed by atoms with van der Waals surface area (Å²) in [6.07, 6.45) is 48.9. The van der Waals surface area contributed by atoms with Crippen molar-refractivity contribution in [3.63, 3.8) is 0 Å². The van der Waals surface area contributed by atoms with Crippen molar-refractivity contribution >= 4 is 5.91 Å². The lowest BCUT2D eigenvalue weighted by molar-refractivity contribution is -0.123. The van der Waals surface area contributed by atoms with Crippen LogP contribution in [0, 0.1) is 0 Å². The first kappa shape index (κ1) is 47.4. The largest absolute Gasteiger partial charge is 0.394 e. The molecule has 2 atom stereocenters. The molecule has 0 saturated carbocycles. The van der Waals surface area contributed by atoms with Crippen LogP contribution in [-0.2, 0) is 4.79 Å². The summed E-state index contributed by atoms with van der Waals surface area (Å²) < 4.78 is 0. The smallest absolute Gasteiger partial charge is 0.220 e. The number of amides is 1. The van der Waals surface area contributed by atoms with Gasteiger partial charge in [-0.25, -0.2) is 0 Å². The molecule has 3 N–H and O–H groups in total. The van der Waals surface area contributed by atoms with E-state index in [0.717, 1.165) is 25.7 Å². The second kappa shape index (κ2) is 40.8. The Morgan fingerprint density at radius 3 is 0.938 bits per heavy atom. The summed E-state index contributed by atoms with van der Waals surface area (Å²) in [7, 11) is 0. The lowest BCUT2D eigenvalue weighted by Crippen LogP contribution is -2.45. The van der Waals surface area contributed by atoms with Gasteiger partial charge in [0.1, 0.15) is 0 Å². The molecule has 0 aliphatic rings. The topological polar surface area (TPSA) is 69.6 Å². The molecule has 0 fully saturated rings. The van der Waals surface area contributed by atoms with Gasteiger partial charge in [0.05, 0.1) is 18.8 Å². The molecule has 4 nitrogen and oxygen atoms in total. The Labute approximate surface area is 302 Å². The maximum atomic E-state index is 12.4. The Bertz CT molecular complexity index is 612. The van der Waals surface area contributed by atoms with E-state index in [9.17, 15) is 15.0 Å². The molecule has 0 bridgehead atoms.